The quantitative estimate of drug-likeness (QED) is 0.726. The van der Waals surface area contributed by atoms with Gasteiger partial charge in [-0.05, 0) is 18.1 Å². The third-order valence-corrected chi connectivity index (χ3v) is 3.87. The van der Waals surface area contributed by atoms with Crippen LogP contribution in [-0.2, 0) is 21.2 Å². The van der Waals surface area contributed by atoms with Gasteiger partial charge in [-0.15, -0.1) is 0 Å². The van der Waals surface area contributed by atoms with Crippen molar-refractivity contribution in [3.63, 3.8) is 0 Å². The number of nitrogens with one attached hydrogen (secondary N) is 1. The number of ether oxygens (including phenoxy) is 1. The second-order valence-corrected chi connectivity index (χ2v) is 5.84. The number of carbonyl (C=O) groups is 1. The molecule has 0 atom stereocenters. The number of rotatable bonds is 8. The molecule has 0 saturated carbocycles. The highest BCUT2D eigenvalue weighted by molar-refractivity contribution is 7.89. The number of hydrogen-bond acceptors (Lipinski definition) is 4. The minimum Gasteiger partial charge on any atom is -0.478 e. The van der Waals surface area contributed by atoms with Crippen LogP contribution in [0.2, 0.25) is 0 Å². The molecule has 0 aliphatic rings. The SMILES string of the molecule is COCCS(=O)(=O)NCCc1ccccc1C(=O)O. The number of carboxylic acid groups (broad SMARTS) is 1. The summed E-state index contributed by atoms with van der Waals surface area (Å²) < 4.78 is 30.1. The number of sulfonamides is 1. The predicted octanol–water partition coefficient (Wildman–Crippen LogP) is 0.493. The topological polar surface area (TPSA) is 92.7 Å². The van der Waals surface area contributed by atoms with Crippen LogP contribution in [0.25, 0.3) is 0 Å². The first kappa shape index (κ1) is 15.6. The summed E-state index contributed by atoms with van der Waals surface area (Å²) in [5.41, 5.74) is 0.794. The van der Waals surface area contributed by atoms with Crippen molar-refractivity contribution >= 4 is 16.0 Å². The third-order valence-electron chi connectivity index (χ3n) is 2.52. The number of aromatic carboxylic acids is 1. The van der Waals surface area contributed by atoms with Crippen molar-refractivity contribution < 1.29 is 23.1 Å². The van der Waals surface area contributed by atoms with Crippen LogP contribution in [0.3, 0.4) is 0 Å². The molecule has 1 aromatic rings. The minimum atomic E-state index is -3.37. The van der Waals surface area contributed by atoms with Crippen LogP contribution in [0, 0.1) is 0 Å². The molecular formula is C12H17NO5S. The molecule has 0 aliphatic carbocycles. The molecule has 0 unspecified atom stereocenters. The summed E-state index contributed by atoms with van der Waals surface area (Å²) in [6, 6.07) is 6.53. The highest BCUT2D eigenvalue weighted by Gasteiger charge is 2.11. The van der Waals surface area contributed by atoms with Crippen LogP contribution in [0.5, 0.6) is 0 Å². The van der Waals surface area contributed by atoms with Gasteiger partial charge in [0.05, 0.1) is 17.9 Å². The second-order valence-electron chi connectivity index (χ2n) is 3.92. The number of methoxy groups -OCH3 is 1. The summed E-state index contributed by atoms with van der Waals surface area (Å²) in [6.07, 6.45) is 0.328. The molecule has 0 amide bonds. The summed E-state index contributed by atoms with van der Waals surface area (Å²) in [6.45, 7) is 0.289. The molecule has 0 bridgehead atoms. The van der Waals surface area contributed by atoms with E-state index in [0.29, 0.717) is 12.0 Å². The van der Waals surface area contributed by atoms with Gasteiger partial charge in [-0.25, -0.2) is 17.9 Å². The molecule has 1 rings (SSSR count). The van der Waals surface area contributed by atoms with Crippen molar-refractivity contribution in [2.45, 2.75) is 6.42 Å². The number of benzene rings is 1. The van der Waals surface area contributed by atoms with Gasteiger partial charge in [0.1, 0.15) is 0 Å². The van der Waals surface area contributed by atoms with E-state index in [0.717, 1.165) is 0 Å². The van der Waals surface area contributed by atoms with Gasteiger partial charge >= 0.3 is 5.97 Å². The Morgan fingerprint density at radius 1 is 1.37 bits per heavy atom. The Hall–Kier alpha value is -1.44. The van der Waals surface area contributed by atoms with E-state index >= 15 is 0 Å². The van der Waals surface area contributed by atoms with Crippen LogP contribution in [-0.4, -0.2) is 45.5 Å². The molecule has 7 heteroatoms. The fourth-order valence-corrected chi connectivity index (χ4v) is 2.50. The van der Waals surface area contributed by atoms with Gasteiger partial charge in [0.15, 0.2) is 0 Å². The average molecular weight is 287 g/mol. The van der Waals surface area contributed by atoms with E-state index in [1.807, 2.05) is 0 Å². The molecule has 0 heterocycles. The molecule has 0 aromatic heterocycles. The van der Waals surface area contributed by atoms with E-state index in [4.69, 9.17) is 9.84 Å². The first-order valence-corrected chi connectivity index (χ1v) is 7.39. The molecule has 106 valence electrons. The Balaban J connectivity index is 2.56. The molecule has 0 radical (unpaired) electrons. The minimum absolute atomic E-state index is 0.107. The zero-order valence-corrected chi connectivity index (χ0v) is 11.4. The molecule has 0 saturated heterocycles. The van der Waals surface area contributed by atoms with E-state index in [-0.39, 0.29) is 24.5 Å². The second kappa shape index (κ2) is 7.22. The fraction of sp³-hybridized carbons (Fsp3) is 0.417. The largest absolute Gasteiger partial charge is 0.478 e. The van der Waals surface area contributed by atoms with Crippen molar-refractivity contribution in [3.8, 4) is 0 Å². The van der Waals surface area contributed by atoms with Crippen molar-refractivity contribution in [2.24, 2.45) is 0 Å². The van der Waals surface area contributed by atoms with Crippen molar-refractivity contribution in [3.05, 3.63) is 35.4 Å². The van der Waals surface area contributed by atoms with Crippen LogP contribution in [0.4, 0.5) is 0 Å². The van der Waals surface area contributed by atoms with Crippen LogP contribution >= 0.6 is 0 Å². The maximum atomic E-state index is 11.5. The summed E-state index contributed by atoms with van der Waals surface area (Å²) >= 11 is 0. The highest BCUT2D eigenvalue weighted by Crippen LogP contribution is 2.09. The van der Waals surface area contributed by atoms with Crippen LogP contribution < -0.4 is 4.72 Å². The molecular weight excluding hydrogens is 270 g/mol. The lowest BCUT2D eigenvalue weighted by molar-refractivity contribution is 0.0695. The monoisotopic (exact) mass is 287 g/mol. The number of carboxylic acids is 1. The molecule has 6 nitrogen and oxygen atoms in total. The van der Waals surface area contributed by atoms with Gasteiger partial charge < -0.3 is 9.84 Å². The van der Waals surface area contributed by atoms with Gasteiger partial charge in [0, 0.05) is 13.7 Å². The molecule has 1 aromatic carbocycles. The van der Waals surface area contributed by atoms with E-state index in [1.165, 1.54) is 13.2 Å². The standard InChI is InChI=1S/C12H17NO5S/c1-18-8-9-19(16,17)13-7-6-10-4-2-3-5-11(10)12(14)15/h2-5,13H,6-9H2,1H3,(H,14,15). The first-order chi connectivity index (χ1) is 8.96. The normalized spacial score (nSPS) is 11.4. The summed E-state index contributed by atoms with van der Waals surface area (Å²) in [7, 11) is -1.94. The van der Waals surface area contributed by atoms with Gasteiger partial charge in [-0.3, -0.25) is 0 Å². The Morgan fingerprint density at radius 2 is 2.05 bits per heavy atom. The van der Waals surface area contributed by atoms with E-state index < -0.39 is 16.0 Å². The van der Waals surface area contributed by atoms with Crippen LogP contribution in [0.1, 0.15) is 15.9 Å². The van der Waals surface area contributed by atoms with Gasteiger partial charge in [0.2, 0.25) is 10.0 Å². The zero-order valence-electron chi connectivity index (χ0n) is 10.6. The average Bonchev–Trinajstić information content (AvgIpc) is 2.36. The zero-order chi connectivity index (χ0) is 14.3. The lowest BCUT2D eigenvalue weighted by Crippen LogP contribution is -2.30. The lowest BCUT2D eigenvalue weighted by atomic mass is 10.1. The smallest absolute Gasteiger partial charge is 0.335 e. The number of hydrogen-bond donors (Lipinski definition) is 2. The summed E-state index contributed by atoms with van der Waals surface area (Å²) in [5.74, 6) is -1.12. The van der Waals surface area contributed by atoms with Crippen molar-refractivity contribution in [1.82, 2.24) is 4.72 Å². The van der Waals surface area contributed by atoms with E-state index in [2.05, 4.69) is 4.72 Å². The maximum absolute atomic E-state index is 11.5. The lowest BCUT2D eigenvalue weighted by Gasteiger charge is -2.08. The molecule has 0 aliphatic heterocycles. The Bertz CT molecular complexity index is 527. The fourth-order valence-electron chi connectivity index (χ4n) is 1.55. The molecule has 0 fully saturated rings. The highest BCUT2D eigenvalue weighted by atomic mass is 32.2. The summed E-state index contributed by atoms with van der Waals surface area (Å²) in [5, 5.41) is 8.99. The maximum Gasteiger partial charge on any atom is 0.335 e. The van der Waals surface area contributed by atoms with Crippen molar-refractivity contribution in [2.75, 3.05) is 26.0 Å². The summed E-state index contributed by atoms with van der Waals surface area (Å²) in [4.78, 5) is 11.0. The van der Waals surface area contributed by atoms with E-state index in [9.17, 15) is 13.2 Å². The molecule has 19 heavy (non-hydrogen) atoms. The van der Waals surface area contributed by atoms with Gasteiger partial charge in [-0.1, -0.05) is 18.2 Å². The Morgan fingerprint density at radius 3 is 2.68 bits per heavy atom. The molecule has 2 N–H and O–H groups in total. The molecule has 0 spiro atoms. The van der Waals surface area contributed by atoms with Crippen LogP contribution in [0.15, 0.2) is 24.3 Å². The Labute approximate surface area is 112 Å². The first-order valence-electron chi connectivity index (χ1n) is 5.74. The Kier molecular flexibility index (Phi) is 5.94. The van der Waals surface area contributed by atoms with Gasteiger partial charge in [0.25, 0.3) is 0 Å². The third kappa shape index (κ3) is 5.37. The van der Waals surface area contributed by atoms with E-state index in [1.54, 1.807) is 18.2 Å². The predicted molar refractivity (Wildman–Crippen MR) is 70.8 cm³/mol. The van der Waals surface area contributed by atoms with Crippen molar-refractivity contribution in [1.29, 1.82) is 0 Å². The van der Waals surface area contributed by atoms with Gasteiger partial charge in [-0.2, -0.15) is 0 Å².